The van der Waals surface area contributed by atoms with Crippen molar-refractivity contribution in [3.05, 3.63) is 23.3 Å². The molecule has 1 aliphatic heterocycles. The molecule has 1 unspecified atom stereocenters. The van der Waals surface area contributed by atoms with Crippen LogP contribution in [0.2, 0.25) is 0 Å². The van der Waals surface area contributed by atoms with Gasteiger partial charge in [0.1, 0.15) is 0 Å². The number of aromatic hydroxyl groups is 1. The number of aromatic nitrogens is 2. The molecule has 0 aliphatic carbocycles. The van der Waals surface area contributed by atoms with Gasteiger partial charge in [-0.2, -0.15) is 13.2 Å². The smallest absolute Gasteiger partial charge is 0.417 e. The summed E-state index contributed by atoms with van der Waals surface area (Å²) in [6.45, 7) is 3.31. The molecule has 13 heteroatoms. The average molecular weight is 447 g/mol. The summed E-state index contributed by atoms with van der Waals surface area (Å²) in [7, 11) is 1.84. The van der Waals surface area contributed by atoms with Crippen LogP contribution in [0.15, 0.2) is 12.1 Å². The Morgan fingerprint density at radius 3 is 2.57 bits per heavy atom. The van der Waals surface area contributed by atoms with Gasteiger partial charge in [-0.1, -0.05) is 0 Å². The number of ether oxygens (including phenoxy) is 1. The second-order valence-corrected chi connectivity index (χ2v) is 7.43. The normalized spacial score (nSPS) is 15.9. The van der Waals surface area contributed by atoms with Crippen LogP contribution < -0.4 is 10.1 Å². The fourth-order valence-corrected chi connectivity index (χ4v) is 3.60. The molecule has 9 nitrogen and oxygen atoms in total. The van der Waals surface area contributed by atoms with E-state index < -0.39 is 40.1 Å². The van der Waals surface area contributed by atoms with Crippen molar-refractivity contribution in [3.8, 4) is 11.6 Å². The molecule has 30 heavy (non-hydrogen) atoms. The highest BCUT2D eigenvalue weighted by molar-refractivity contribution is 7.14. The molecule has 2 aromatic rings. The number of rotatable bonds is 5. The van der Waals surface area contributed by atoms with Gasteiger partial charge in [-0.3, -0.25) is 4.79 Å². The second-order valence-electron chi connectivity index (χ2n) is 6.60. The lowest BCUT2D eigenvalue weighted by Gasteiger charge is -2.33. The van der Waals surface area contributed by atoms with Gasteiger partial charge in [0.05, 0.1) is 23.4 Å². The lowest BCUT2D eigenvalue weighted by molar-refractivity contribution is -0.138. The first kappa shape index (κ1) is 22.1. The molecule has 0 spiro atoms. The molecule has 1 atom stereocenters. The molecule has 0 saturated carbocycles. The zero-order valence-corrected chi connectivity index (χ0v) is 17.0. The number of likely N-dealkylation sites (N-methyl/N-ethyl adjacent to an activating group) is 1. The van der Waals surface area contributed by atoms with Gasteiger partial charge in [-0.25, -0.2) is 0 Å². The number of carbonyl (C=O) groups is 1. The van der Waals surface area contributed by atoms with Crippen molar-refractivity contribution in [2.45, 2.75) is 13.1 Å². The third-order valence-electron chi connectivity index (χ3n) is 4.55. The van der Waals surface area contributed by atoms with E-state index in [1.807, 2.05) is 11.9 Å². The minimum Gasteiger partial charge on any atom is -0.546 e. The lowest BCUT2D eigenvalue weighted by Crippen LogP contribution is -2.47. The van der Waals surface area contributed by atoms with Crippen LogP contribution in [0.5, 0.6) is 11.6 Å². The quantitative estimate of drug-likeness (QED) is 0.531. The molecule has 1 amide bonds. The van der Waals surface area contributed by atoms with Gasteiger partial charge in [-0.15, -0.1) is 0 Å². The third-order valence-corrected chi connectivity index (χ3v) is 5.22. The summed E-state index contributed by atoms with van der Waals surface area (Å²) in [6.07, 6.45) is -4.85. The van der Waals surface area contributed by atoms with Crippen LogP contribution in [-0.4, -0.2) is 73.9 Å². The highest BCUT2D eigenvalue weighted by Crippen LogP contribution is 2.41. The molecule has 2 heterocycles. The highest BCUT2D eigenvalue weighted by Gasteiger charge is 2.39. The molecule has 1 aromatic heterocycles. The first-order valence-electron chi connectivity index (χ1n) is 9.02. The summed E-state index contributed by atoms with van der Waals surface area (Å²) in [6, 6.07) is 1.67. The van der Waals surface area contributed by atoms with E-state index in [4.69, 9.17) is 4.74 Å². The maximum absolute atomic E-state index is 13.6. The van der Waals surface area contributed by atoms with Crippen molar-refractivity contribution in [1.82, 2.24) is 18.5 Å². The number of anilines is 2. The van der Waals surface area contributed by atoms with Crippen LogP contribution in [0.3, 0.4) is 0 Å². The van der Waals surface area contributed by atoms with E-state index in [1.54, 1.807) is 6.92 Å². The number of piperazine rings is 1. The monoisotopic (exact) mass is 447 g/mol. The summed E-state index contributed by atoms with van der Waals surface area (Å²) < 4.78 is 64.7. The third kappa shape index (κ3) is 4.57. The number of benzene rings is 1. The Kier molecular flexibility index (Phi) is 6.33. The number of nitrogens with one attached hydrogen (secondary N) is 1. The number of phenols is 1. The molecule has 1 aliphatic rings. The number of carbonyl (C=O) groups excluding carboxylic acids is 1. The Morgan fingerprint density at radius 1 is 1.30 bits per heavy atom. The van der Waals surface area contributed by atoms with E-state index in [9.17, 15) is 27.6 Å². The molecule has 3 rings (SSSR count). The van der Waals surface area contributed by atoms with Crippen molar-refractivity contribution in [3.63, 3.8) is 0 Å². The summed E-state index contributed by atoms with van der Waals surface area (Å²) >= 11 is -1.96. The van der Waals surface area contributed by atoms with Crippen molar-refractivity contribution in [1.29, 1.82) is 0 Å². The molecule has 1 fully saturated rings. The van der Waals surface area contributed by atoms with E-state index >= 15 is 0 Å². The summed E-state index contributed by atoms with van der Waals surface area (Å²) in [5.41, 5.74) is -2.32. The van der Waals surface area contributed by atoms with Gasteiger partial charge in [0.25, 0.3) is 11.7 Å². The number of alkyl halides is 3. The number of amides is 1. The number of nitrogens with zero attached hydrogens (tertiary/aromatic N) is 4. The van der Waals surface area contributed by atoms with Gasteiger partial charge < -0.3 is 29.5 Å². The number of halogens is 3. The SMILES string of the molecule is CCOc1n[s+]([O-])nc1Nc1ccc(C(F)(F)F)c(C(=O)N2CCN(C)CC2)c1O. The van der Waals surface area contributed by atoms with Crippen LogP contribution in [-0.2, 0) is 6.18 Å². The Morgan fingerprint density at radius 2 is 1.97 bits per heavy atom. The van der Waals surface area contributed by atoms with Gasteiger partial charge in [0.15, 0.2) is 16.9 Å². The maximum atomic E-state index is 13.6. The van der Waals surface area contributed by atoms with Gasteiger partial charge >= 0.3 is 12.1 Å². The van der Waals surface area contributed by atoms with Crippen molar-refractivity contribution in [2.24, 2.45) is 0 Å². The number of hydrogen-bond donors (Lipinski definition) is 2. The van der Waals surface area contributed by atoms with E-state index in [2.05, 4.69) is 14.1 Å². The molecular weight excluding hydrogens is 427 g/mol. The average Bonchev–Trinajstić information content (AvgIpc) is 3.01. The Labute approximate surface area is 173 Å². The minimum absolute atomic E-state index is 0.109. The molecule has 1 aromatic carbocycles. The van der Waals surface area contributed by atoms with Crippen LogP contribution in [0.4, 0.5) is 24.7 Å². The van der Waals surface area contributed by atoms with Crippen LogP contribution in [0.1, 0.15) is 22.8 Å². The first-order valence-corrected chi connectivity index (χ1v) is 10.1. The van der Waals surface area contributed by atoms with Crippen LogP contribution in [0, 0.1) is 0 Å². The zero-order valence-electron chi connectivity index (χ0n) is 16.2. The van der Waals surface area contributed by atoms with Gasteiger partial charge in [0, 0.05) is 34.9 Å². The number of phenolic OH excluding ortho intramolecular Hbond substituents is 1. The van der Waals surface area contributed by atoms with Crippen molar-refractivity contribution >= 4 is 28.6 Å². The second kappa shape index (κ2) is 8.62. The largest absolute Gasteiger partial charge is 0.546 e. The highest BCUT2D eigenvalue weighted by atomic mass is 32.2. The molecular formula is C17H20F3N5O4S. The van der Waals surface area contributed by atoms with Crippen LogP contribution >= 0.6 is 11.1 Å². The van der Waals surface area contributed by atoms with Crippen molar-refractivity contribution in [2.75, 3.05) is 45.2 Å². The van der Waals surface area contributed by atoms with E-state index in [-0.39, 0.29) is 37.1 Å². The predicted molar refractivity (Wildman–Crippen MR) is 102 cm³/mol. The Hall–Kier alpha value is -2.64. The molecule has 0 bridgehead atoms. The standard InChI is InChI=1S/C17H20F3N5O4S/c1-3-29-15-14(22-30(28)23-15)21-11-5-4-10(17(18,19)20)12(13(11)26)16(27)25-8-6-24(2)7-9-25/h4-5,26H,3,6-9H2,1-2H3,(H,21,22). The van der Waals surface area contributed by atoms with Crippen molar-refractivity contribution < 1.29 is 32.4 Å². The lowest BCUT2D eigenvalue weighted by atomic mass is 10.0. The molecule has 0 radical (unpaired) electrons. The van der Waals surface area contributed by atoms with E-state index in [0.29, 0.717) is 19.2 Å². The predicted octanol–water partition coefficient (Wildman–Crippen LogP) is 2.46. The van der Waals surface area contributed by atoms with Gasteiger partial charge in [-0.05, 0) is 26.1 Å². The Balaban J connectivity index is 2.01. The first-order chi connectivity index (χ1) is 14.1. The fourth-order valence-electron chi connectivity index (χ4n) is 3.00. The van der Waals surface area contributed by atoms with Gasteiger partial charge in [0.2, 0.25) is 0 Å². The summed E-state index contributed by atoms with van der Waals surface area (Å²) in [5.74, 6) is -2.04. The van der Waals surface area contributed by atoms with Crippen LogP contribution in [0.25, 0.3) is 0 Å². The van der Waals surface area contributed by atoms with E-state index in [0.717, 1.165) is 6.07 Å². The Bertz CT molecular complexity index is 929. The fraction of sp³-hybridized carbons (Fsp3) is 0.471. The minimum atomic E-state index is -4.85. The summed E-state index contributed by atoms with van der Waals surface area (Å²) in [5, 5.41) is 13.2. The van der Waals surface area contributed by atoms with E-state index in [1.165, 1.54) is 4.90 Å². The summed E-state index contributed by atoms with van der Waals surface area (Å²) in [4.78, 5) is 16.1. The molecule has 1 saturated heterocycles. The zero-order chi connectivity index (χ0) is 22.1. The topological polar surface area (TPSA) is 114 Å². The maximum Gasteiger partial charge on any atom is 0.417 e. The molecule has 164 valence electrons. The molecule has 2 N–H and O–H groups in total. The number of hydrogen-bond acceptors (Lipinski definition) is 8.